The number of aromatic nitrogens is 2. The average Bonchev–Trinajstić information content (AvgIpc) is 3.38. The van der Waals surface area contributed by atoms with E-state index in [4.69, 9.17) is 0 Å². The number of para-hydroxylation sites is 2. The van der Waals surface area contributed by atoms with Crippen LogP contribution < -0.4 is 15.8 Å². The first kappa shape index (κ1) is 22.4. The van der Waals surface area contributed by atoms with Crippen molar-refractivity contribution in [3.05, 3.63) is 130 Å². The maximum Gasteiger partial charge on any atom is 0.279 e. The molecule has 180 valence electrons. The predicted molar refractivity (Wildman–Crippen MR) is 144 cm³/mol. The van der Waals surface area contributed by atoms with Crippen molar-refractivity contribution in [1.29, 1.82) is 0 Å². The van der Waals surface area contributed by atoms with Crippen molar-refractivity contribution in [2.24, 2.45) is 0 Å². The van der Waals surface area contributed by atoms with E-state index >= 15 is 0 Å². The zero-order chi connectivity index (χ0) is 25.4. The van der Waals surface area contributed by atoms with Crippen LogP contribution in [0.2, 0.25) is 0 Å². The highest BCUT2D eigenvalue weighted by atomic mass is 16.2. The van der Waals surface area contributed by atoms with Gasteiger partial charge in [-0.1, -0.05) is 54.6 Å². The summed E-state index contributed by atoms with van der Waals surface area (Å²) in [5.74, 6) is -0.529. The number of hydrogen-bond donors (Lipinski definition) is 1. The van der Waals surface area contributed by atoms with E-state index in [2.05, 4.69) is 10.4 Å². The van der Waals surface area contributed by atoms with E-state index in [1.54, 1.807) is 65.6 Å². The Hall–Kier alpha value is -5.04. The molecule has 5 aromatic rings. The number of fused-ring (bicyclic) bond motifs is 2. The van der Waals surface area contributed by atoms with Gasteiger partial charge in [-0.05, 0) is 60.5 Å². The molecular formula is C30H22N4O3. The Morgan fingerprint density at radius 2 is 1.43 bits per heavy atom. The number of hydrogen-bond acceptors (Lipinski definition) is 4. The van der Waals surface area contributed by atoms with Crippen LogP contribution in [0.1, 0.15) is 26.4 Å². The Morgan fingerprint density at radius 3 is 2.22 bits per heavy atom. The van der Waals surface area contributed by atoms with Crippen LogP contribution in [-0.4, -0.2) is 28.1 Å². The van der Waals surface area contributed by atoms with Crippen molar-refractivity contribution >= 4 is 34.0 Å². The first-order valence-corrected chi connectivity index (χ1v) is 12.0. The molecule has 37 heavy (non-hydrogen) atoms. The quantitative estimate of drug-likeness (QED) is 0.394. The minimum atomic E-state index is -0.451. The van der Waals surface area contributed by atoms with E-state index in [-0.39, 0.29) is 17.2 Å². The standard InChI is InChI=1S/C30H22N4O3/c35-28(27-24-11-5-6-12-25(24)30(37)34(32-27)23-9-2-1-3-10-23)31-22-16-14-21(15-17-22)29(36)33-19-18-20-8-4-7-13-26(20)33/h1-17H,18-19H2,(H,31,35). The molecule has 0 fully saturated rings. The molecule has 0 spiro atoms. The molecule has 4 aromatic carbocycles. The fourth-order valence-corrected chi connectivity index (χ4v) is 4.69. The number of nitrogens with zero attached hydrogens (tertiary/aromatic N) is 3. The second-order valence-corrected chi connectivity index (χ2v) is 8.81. The zero-order valence-corrected chi connectivity index (χ0v) is 19.8. The Labute approximate surface area is 212 Å². The van der Waals surface area contributed by atoms with Crippen molar-refractivity contribution in [3.8, 4) is 5.69 Å². The first-order valence-electron chi connectivity index (χ1n) is 12.0. The minimum absolute atomic E-state index is 0.0783. The summed E-state index contributed by atoms with van der Waals surface area (Å²) in [6, 6.07) is 30.6. The van der Waals surface area contributed by atoms with E-state index < -0.39 is 5.91 Å². The second kappa shape index (κ2) is 9.20. The smallest absolute Gasteiger partial charge is 0.279 e. The molecule has 7 heteroatoms. The van der Waals surface area contributed by atoms with Gasteiger partial charge in [0, 0.05) is 28.9 Å². The number of carbonyl (C=O) groups is 2. The van der Waals surface area contributed by atoms with Crippen LogP contribution in [0, 0.1) is 0 Å². The fraction of sp³-hybridized carbons (Fsp3) is 0.0667. The van der Waals surface area contributed by atoms with Gasteiger partial charge in [-0.2, -0.15) is 9.78 Å². The molecule has 1 aliphatic rings. The van der Waals surface area contributed by atoms with E-state index in [1.807, 2.05) is 42.5 Å². The van der Waals surface area contributed by atoms with Gasteiger partial charge in [0.25, 0.3) is 17.4 Å². The molecule has 0 bridgehead atoms. The maximum absolute atomic E-state index is 13.3. The van der Waals surface area contributed by atoms with Gasteiger partial charge in [0.05, 0.1) is 11.1 Å². The third-order valence-corrected chi connectivity index (χ3v) is 6.54. The molecule has 2 amide bonds. The van der Waals surface area contributed by atoms with Gasteiger partial charge in [-0.25, -0.2) is 0 Å². The number of benzene rings is 4. The van der Waals surface area contributed by atoms with Crippen LogP contribution >= 0.6 is 0 Å². The second-order valence-electron chi connectivity index (χ2n) is 8.81. The van der Waals surface area contributed by atoms with E-state index in [1.165, 1.54) is 4.68 Å². The van der Waals surface area contributed by atoms with E-state index in [0.29, 0.717) is 34.3 Å². The summed E-state index contributed by atoms with van der Waals surface area (Å²) in [6.45, 7) is 0.645. The van der Waals surface area contributed by atoms with Crippen LogP contribution in [-0.2, 0) is 6.42 Å². The number of carbonyl (C=O) groups excluding carboxylic acids is 2. The lowest BCUT2D eigenvalue weighted by Crippen LogP contribution is -2.28. The maximum atomic E-state index is 13.3. The molecule has 1 aliphatic heterocycles. The van der Waals surface area contributed by atoms with Crippen LogP contribution in [0.25, 0.3) is 16.5 Å². The van der Waals surface area contributed by atoms with Gasteiger partial charge >= 0.3 is 0 Å². The first-order chi connectivity index (χ1) is 18.1. The topological polar surface area (TPSA) is 84.3 Å². The number of rotatable bonds is 4. The molecule has 0 unspecified atom stereocenters. The highest BCUT2D eigenvalue weighted by Gasteiger charge is 2.25. The van der Waals surface area contributed by atoms with Crippen molar-refractivity contribution in [2.45, 2.75) is 6.42 Å². The minimum Gasteiger partial charge on any atom is -0.321 e. The molecule has 0 radical (unpaired) electrons. The molecular weight excluding hydrogens is 464 g/mol. The lowest BCUT2D eigenvalue weighted by molar-refractivity contribution is 0.0988. The van der Waals surface area contributed by atoms with Gasteiger partial charge in [0.1, 0.15) is 0 Å². The van der Waals surface area contributed by atoms with Crippen LogP contribution in [0.5, 0.6) is 0 Å². The summed E-state index contributed by atoms with van der Waals surface area (Å²) in [5, 5.41) is 8.15. The average molecular weight is 487 g/mol. The molecule has 1 aromatic heterocycles. The van der Waals surface area contributed by atoms with Crippen molar-refractivity contribution < 1.29 is 9.59 Å². The molecule has 0 saturated heterocycles. The van der Waals surface area contributed by atoms with Gasteiger partial charge in [0.2, 0.25) is 0 Å². The summed E-state index contributed by atoms with van der Waals surface area (Å²) < 4.78 is 1.24. The number of amides is 2. The third-order valence-electron chi connectivity index (χ3n) is 6.54. The summed E-state index contributed by atoms with van der Waals surface area (Å²) in [7, 11) is 0. The molecule has 0 saturated carbocycles. The van der Waals surface area contributed by atoms with Crippen molar-refractivity contribution in [3.63, 3.8) is 0 Å². The summed E-state index contributed by atoms with van der Waals surface area (Å²) in [5.41, 5.74) is 3.56. The van der Waals surface area contributed by atoms with E-state index in [0.717, 1.165) is 17.7 Å². The Balaban J connectivity index is 1.28. The molecule has 1 N–H and O–H groups in total. The lowest BCUT2D eigenvalue weighted by Gasteiger charge is -2.17. The van der Waals surface area contributed by atoms with Crippen LogP contribution in [0.3, 0.4) is 0 Å². The zero-order valence-electron chi connectivity index (χ0n) is 19.8. The van der Waals surface area contributed by atoms with Gasteiger partial charge < -0.3 is 10.2 Å². The Morgan fingerprint density at radius 1 is 0.757 bits per heavy atom. The van der Waals surface area contributed by atoms with Crippen LogP contribution in [0.4, 0.5) is 11.4 Å². The number of nitrogens with one attached hydrogen (secondary N) is 1. The fourth-order valence-electron chi connectivity index (χ4n) is 4.69. The lowest BCUT2D eigenvalue weighted by atomic mass is 10.1. The van der Waals surface area contributed by atoms with Crippen molar-refractivity contribution in [1.82, 2.24) is 9.78 Å². The van der Waals surface area contributed by atoms with Crippen LogP contribution in [0.15, 0.2) is 108 Å². The highest BCUT2D eigenvalue weighted by molar-refractivity contribution is 6.11. The molecule has 2 heterocycles. The SMILES string of the molecule is O=C(Nc1ccc(C(=O)N2CCc3ccccc32)cc1)c1nn(-c2ccccc2)c(=O)c2ccccc12. The molecule has 7 nitrogen and oxygen atoms in total. The number of anilines is 2. The largest absolute Gasteiger partial charge is 0.321 e. The molecule has 0 atom stereocenters. The third kappa shape index (κ3) is 4.06. The molecule has 0 aliphatic carbocycles. The monoisotopic (exact) mass is 486 g/mol. The van der Waals surface area contributed by atoms with Gasteiger partial charge in [-0.15, -0.1) is 0 Å². The molecule has 6 rings (SSSR count). The highest BCUT2D eigenvalue weighted by Crippen LogP contribution is 2.29. The van der Waals surface area contributed by atoms with Gasteiger partial charge in [-0.3, -0.25) is 14.4 Å². The predicted octanol–water partition coefficient (Wildman–Crippen LogP) is 4.84. The Kier molecular flexibility index (Phi) is 5.58. The summed E-state index contributed by atoms with van der Waals surface area (Å²) in [6.07, 6.45) is 0.835. The van der Waals surface area contributed by atoms with Crippen molar-refractivity contribution in [2.75, 3.05) is 16.8 Å². The normalized spacial score (nSPS) is 12.4. The summed E-state index contributed by atoms with van der Waals surface area (Å²) >= 11 is 0. The Bertz CT molecular complexity index is 1710. The van der Waals surface area contributed by atoms with Gasteiger partial charge in [0.15, 0.2) is 5.69 Å². The summed E-state index contributed by atoms with van der Waals surface area (Å²) in [4.78, 5) is 41.3. The van der Waals surface area contributed by atoms with E-state index in [9.17, 15) is 14.4 Å².